The maximum absolute atomic E-state index is 12.2. The number of fused-ring (bicyclic) bond motifs is 2. The van der Waals surface area contributed by atoms with Crippen LogP contribution in [-0.2, 0) is 22.4 Å². The molecular weight excluding hydrogens is 432 g/mol. The molecule has 0 aromatic heterocycles. The summed E-state index contributed by atoms with van der Waals surface area (Å²) in [5.74, 6) is 2.31. The maximum atomic E-state index is 12.2. The summed E-state index contributed by atoms with van der Waals surface area (Å²) in [6.07, 6.45) is 1.40. The third-order valence-corrected chi connectivity index (χ3v) is 6.24. The Labute approximate surface area is 201 Å². The van der Waals surface area contributed by atoms with Gasteiger partial charge in [0.2, 0.25) is 5.91 Å². The van der Waals surface area contributed by atoms with Gasteiger partial charge < -0.3 is 24.8 Å². The number of aryl methyl sites for hydroxylation is 2. The first-order chi connectivity index (χ1) is 16.1. The van der Waals surface area contributed by atoms with Crippen LogP contribution in [-0.4, -0.2) is 30.3 Å². The lowest BCUT2D eigenvalue weighted by Gasteiger charge is -2.23. The third-order valence-electron chi connectivity index (χ3n) is 6.24. The molecule has 182 valence electrons. The zero-order chi connectivity index (χ0) is 24.6. The lowest BCUT2D eigenvalue weighted by molar-refractivity contribution is -0.116. The zero-order valence-corrected chi connectivity index (χ0v) is 20.8. The van der Waals surface area contributed by atoms with E-state index in [2.05, 4.69) is 17.6 Å². The van der Waals surface area contributed by atoms with Crippen LogP contribution < -0.4 is 20.1 Å². The predicted octanol–water partition coefficient (Wildman–Crippen LogP) is 5.62. The molecule has 2 heterocycles. The minimum Gasteiger partial charge on any atom is -0.489 e. The van der Waals surface area contributed by atoms with Crippen molar-refractivity contribution in [3.8, 4) is 17.2 Å². The van der Waals surface area contributed by atoms with Crippen molar-refractivity contribution in [2.75, 3.05) is 11.9 Å². The maximum Gasteiger partial charge on any atom is 0.407 e. The van der Waals surface area contributed by atoms with E-state index in [1.54, 1.807) is 0 Å². The van der Waals surface area contributed by atoms with Gasteiger partial charge in [0.1, 0.15) is 29.0 Å². The van der Waals surface area contributed by atoms with E-state index in [1.807, 2.05) is 58.9 Å². The van der Waals surface area contributed by atoms with E-state index in [0.717, 1.165) is 45.9 Å². The molecule has 2 atom stereocenters. The van der Waals surface area contributed by atoms with Crippen molar-refractivity contribution in [2.24, 2.45) is 0 Å². The molecule has 34 heavy (non-hydrogen) atoms. The summed E-state index contributed by atoms with van der Waals surface area (Å²) in [4.78, 5) is 24.2. The van der Waals surface area contributed by atoms with E-state index in [-0.39, 0.29) is 17.9 Å². The molecular formula is C27H34N2O5. The molecule has 7 heteroatoms. The summed E-state index contributed by atoms with van der Waals surface area (Å²) in [6.45, 7) is 12.0. The van der Waals surface area contributed by atoms with Crippen LogP contribution in [0.1, 0.15) is 69.2 Å². The van der Waals surface area contributed by atoms with E-state index >= 15 is 0 Å². The molecule has 0 bridgehead atoms. The molecule has 0 fully saturated rings. The zero-order valence-electron chi connectivity index (χ0n) is 20.8. The normalized spacial score (nSPS) is 18.9. The van der Waals surface area contributed by atoms with Crippen molar-refractivity contribution in [3.05, 3.63) is 46.5 Å². The van der Waals surface area contributed by atoms with Gasteiger partial charge in [0.15, 0.2) is 0 Å². The van der Waals surface area contributed by atoms with Crippen LogP contribution in [0.2, 0.25) is 0 Å². The number of hydrogen-bond donors (Lipinski definition) is 2. The molecule has 0 saturated carbocycles. The second-order valence-electron chi connectivity index (χ2n) is 10.1. The second-order valence-corrected chi connectivity index (χ2v) is 10.1. The van der Waals surface area contributed by atoms with E-state index < -0.39 is 11.7 Å². The van der Waals surface area contributed by atoms with Gasteiger partial charge in [0.05, 0.1) is 5.69 Å². The van der Waals surface area contributed by atoms with Crippen LogP contribution in [0.5, 0.6) is 17.2 Å². The third kappa shape index (κ3) is 4.98. The summed E-state index contributed by atoms with van der Waals surface area (Å²) < 4.78 is 17.9. The summed E-state index contributed by atoms with van der Waals surface area (Å²) in [5.41, 5.74) is 4.45. The van der Waals surface area contributed by atoms with Gasteiger partial charge in [-0.3, -0.25) is 4.79 Å². The predicted molar refractivity (Wildman–Crippen MR) is 131 cm³/mol. The molecule has 0 aliphatic carbocycles. The molecule has 2 aliphatic rings. The van der Waals surface area contributed by atoms with Gasteiger partial charge in [-0.05, 0) is 76.8 Å². The van der Waals surface area contributed by atoms with Gasteiger partial charge in [0.25, 0.3) is 0 Å². The molecule has 2 aliphatic heterocycles. The summed E-state index contributed by atoms with van der Waals surface area (Å²) in [5, 5.41) is 5.90. The Bertz CT molecular complexity index is 1120. The standard InChI is InChI=1S/C27H34N2O5/c1-7-17-8-10-22(19-9-11-23(30)29-24(17)19)33-18-12-15(2)25-20(13-18)21(16(3)32-25)14-28-26(31)34-27(4,5)6/h8,10,12-13,16,21H,7,9,11,14H2,1-6H3,(H,28,31)(H,29,30). The number of hydrogen-bond acceptors (Lipinski definition) is 5. The SMILES string of the molecule is CCc1ccc(Oc2cc(C)c3c(c2)C(CNC(=O)OC(C)(C)C)C(C)O3)c2c1NC(=O)CC2. The number of nitrogens with one attached hydrogen (secondary N) is 2. The molecule has 2 unspecified atom stereocenters. The molecule has 0 saturated heterocycles. The Morgan fingerprint density at radius 2 is 2.00 bits per heavy atom. The second kappa shape index (κ2) is 9.20. The average molecular weight is 467 g/mol. The van der Waals surface area contributed by atoms with E-state index in [4.69, 9.17) is 14.2 Å². The van der Waals surface area contributed by atoms with Crippen molar-refractivity contribution in [1.29, 1.82) is 0 Å². The molecule has 2 aromatic rings. The van der Waals surface area contributed by atoms with Crippen molar-refractivity contribution in [1.82, 2.24) is 5.32 Å². The highest BCUT2D eigenvalue weighted by molar-refractivity contribution is 5.95. The number of alkyl carbamates (subject to hydrolysis) is 1. The lowest BCUT2D eigenvalue weighted by atomic mass is 9.94. The fourth-order valence-electron chi connectivity index (χ4n) is 4.61. The molecule has 0 radical (unpaired) electrons. The summed E-state index contributed by atoms with van der Waals surface area (Å²) >= 11 is 0. The topological polar surface area (TPSA) is 85.9 Å². The number of carbonyl (C=O) groups excluding carboxylic acids is 2. The van der Waals surface area contributed by atoms with Crippen LogP contribution in [0, 0.1) is 6.92 Å². The first-order valence-electron chi connectivity index (χ1n) is 12.0. The molecule has 4 rings (SSSR count). The lowest BCUT2D eigenvalue weighted by Crippen LogP contribution is -2.36. The van der Waals surface area contributed by atoms with Crippen LogP contribution in [0.25, 0.3) is 0 Å². The van der Waals surface area contributed by atoms with Crippen molar-refractivity contribution < 1.29 is 23.8 Å². The minimum absolute atomic E-state index is 0.0274. The quantitative estimate of drug-likeness (QED) is 0.597. The van der Waals surface area contributed by atoms with Crippen LogP contribution in [0.15, 0.2) is 24.3 Å². The smallest absolute Gasteiger partial charge is 0.407 e. The first kappa shape index (κ1) is 23.9. The van der Waals surface area contributed by atoms with E-state index in [0.29, 0.717) is 25.1 Å². The van der Waals surface area contributed by atoms with Crippen molar-refractivity contribution in [3.63, 3.8) is 0 Å². The Kier molecular flexibility index (Phi) is 6.47. The van der Waals surface area contributed by atoms with Gasteiger partial charge >= 0.3 is 6.09 Å². The Morgan fingerprint density at radius 1 is 1.24 bits per heavy atom. The number of carbonyl (C=O) groups is 2. The highest BCUT2D eigenvalue weighted by Crippen LogP contribution is 2.44. The fourth-order valence-corrected chi connectivity index (χ4v) is 4.61. The van der Waals surface area contributed by atoms with Gasteiger partial charge in [-0.1, -0.05) is 13.0 Å². The average Bonchev–Trinajstić information content (AvgIpc) is 3.07. The minimum atomic E-state index is -0.552. The molecule has 2 amide bonds. The number of amides is 2. The van der Waals surface area contributed by atoms with Crippen LogP contribution >= 0.6 is 0 Å². The first-order valence-corrected chi connectivity index (χ1v) is 12.0. The summed E-state index contributed by atoms with van der Waals surface area (Å²) in [6, 6.07) is 7.96. The largest absolute Gasteiger partial charge is 0.489 e. The highest BCUT2D eigenvalue weighted by Gasteiger charge is 2.34. The van der Waals surface area contributed by atoms with Crippen LogP contribution in [0.3, 0.4) is 0 Å². The number of anilines is 1. The van der Waals surface area contributed by atoms with Gasteiger partial charge in [-0.25, -0.2) is 4.79 Å². The Balaban J connectivity index is 1.58. The molecule has 0 spiro atoms. The Morgan fingerprint density at radius 3 is 2.71 bits per heavy atom. The Hall–Kier alpha value is -3.22. The molecule has 2 N–H and O–H groups in total. The molecule has 2 aromatic carbocycles. The van der Waals surface area contributed by atoms with Crippen molar-refractivity contribution >= 4 is 17.7 Å². The van der Waals surface area contributed by atoms with Crippen molar-refractivity contribution in [2.45, 2.75) is 78.4 Å². The number of rotatable bonds is 5. The van der Waals surface area contributed by atoms with Gasteiger partial charge in [-0.2, -0.15) is 0 Å². The van der Waals surface area contributed by atoms with E-state index in [9.17, 15) is 9.59 Å². The van der Waals surface area contributed by atoms with E-state index in [1.165, 1.54) is 0 Å². The highest BCUT2D eigenvalue weighted by atomic mass is 16.6. The molecule has 7 nitrogen and oxygen atoms in total. The fraction of sp³-hybridized carbons (Fsp3) is 0.481. The van der Waals surface area contributed by atoms with Crippen LogP contribution in [0.4, 0.5) is 10.5 Å². The van der Waals surface area contributed by atoms with Gasteiger partial charge in [-0.15, -0.1) is 0 Å². The monoisotopic (exact) mass is 466 g/mol. The number of ether oxygens (including phenoxy) is 3. The summed E-state index contributed by atoms with van der Waals surface area (Å²) in [7, 11) is 0. The van der Waals surface area contributed by atoms with Gasteiger partial charge in [0, 0.05) is 30.0 Å². The number of benzene rings is 2.